The van der Waals surface area contributed by atoms with Crippen LogP contribution in [0.2, 0.25) is 0 Å². The van der Waals surface area contributed by atoms with Gasteiger partial charge in [-0.05, 0) is 6.42 Å². The summed E-state index contributed by atoms with van der Waals surface area (Å²) in [7, 11) is 0. The summed E-state index contributed by atoms with van der Waals surface area (Å²) in [6.45, 7) is 8.93. The first kappa shape index (κ1) is 12.9. The van der Waals surface area contributed by atoms with E-state index in [1.807, 2.05) is 10.8 Å². The summed E-state index contributed by atoms with van der Waals surface area (Å²) in [5.74, 6) is 0.942. The summed E-state index contributed by atoms with van der Waals surface area (Å²) >= 11 is 0. The van der Waals surface area contributed by atoms with Crippen LogP contribution in [-0.4, -0.2) is 44.5 Å². The van der Waals surface area contributed by atoms with Crippen LogP contribution in [0.15, 0.2) is 19.0 Å². The van der Waals surface area contributed by atoms with Crippen LogP contribution >= 0.6 is 0 Å². The van der Waals surface area contributed by atoms with Crippen LogP contribution in [0.1, 0.15) is 19.2 Å². The van der Waals surface area contributed by atoms with E-state index in [0.29, 0.717) is 13.1 Å². The van der Waals surface area contributed by atoms with Crippen molar-refractivity contribution in [1.82, 2.24) is 19.7 Å². The van der Waals surface area contributed by atoms with E-state index in [2.05, 4.69) is 28.5 Å². The van der Waals surface area contributed by atoms with Gasteiger partial charge in [0.05, 0.1) is 13.2 Å². The van der Waals surface area contributed by atoms with Crippen molar-refractivity contribution in [3.8, 4) is 0 Å². The third-order valence-corrected chi connectivity index (χ3v) is 2.30. The van der Waals surface area contributed by atoms with E-state index < -0.39 is 0 Å². The fourth-order valence-electron chi connectivity index (χ4n) is 1.57. The normalized spacial score (nSPS) is 10.9. The first-order valence-electron chi connectivity index (χ1n) is 5.62. The van der Waals surface area contributed by atoms with E-state index >= 15 is 0 Å². The summed E-state index contributed by atoms with van der Waals surface area (Å²) < 4.78 is 1.91. The second kappa shape index (κ2) is 7.14. The van der Waals surface area contributed by atoms with Crippen LogP contribution in [0.5, 0.6) is 0 Å². The van der Waals surface area contributed by atoms with Crippen LogP contribution < -0.4 is 0 Å². The van der Waals surface area contributed by atoms with E-state index in [-0.39, 0.29) is 6.61 Å². The van der Waals surface area contributed by atoms with Gasteiger partial charge in [-0.2, -0.15) is 5.10 Å². The van der Waals surface area contributed by atoms with Crippen molar-refractivity contribution >= 4 is 0 Å². The Labute approximate surface area is 96.4 Å². The number of hydrogen-bond acceptors (Lipinski definition) is 4. The summed E-state index contributed by atoms with van der Waals surface area (Å²) in [6, 6.07) is 0. The molecule has 0 bridgehead atoms. The summed E-state index contributed by atoms with van der Waals surface area (Å²) in [5, 5.41) is 13.1. The van der Waals surface area contributed by atoms with Gasteiger partial charge >= 0.3 is 0 Å². The van der Waals surface area contributed by atoms with Gasteiger partial charge in [-0.3, -0.25) is 4.90 Å². The number of aliphatic hydroxyl groups excluding tert-OH is 1. The lowest BCUT2D eigenvalue weighted by Crippen LogP contribution is -2.28. The Kier molecular flexibility index (Phi) is 5.74. The molecule has 1 aromatic rings. The zero-order chi connectivity index (χ0) is 11.8. The Morgan fingerprint density at radius 1 is 1.62 bits per heavy atom. The van der Waals surface area contributed by atoms with E-state index in [0.717, 1.165) is 25.3 Å². The number of rotatable bonds is 8. The SMILES string of the molecule is C=CCN(CCO)Cc1ncnn1CCC. The molecule has 0 amide bonds. The van der Waals surface area contributed by atoms with Crippen molar-refractivity contribution in [1.29, 1.82) is 0 Å². The Morgan fingerprint density at radius 2 is 2.44 bits per heavy atom. The van der Waals surface area contributed by atoms with E-state index in [9.17, 15) is 0 Å². The van der Waals surface area contributed by atoms with Crippen molar-refractivity contribution in [2.45, 2.75) is 26.4 Å². The molecule has 1 N–H and O–H groups in total. The van der Waals surface area contributed by atoms with E-state index in [1.54, 1.807) is 6.33 Å². The Hall–Kier alpha value is -1.20. The molecule has 0 aliphatic carbocycles. The third kappa shape index (κ3) is 3.75. The lowest BCUT2D eigenvalue weighted by atomic mass is 10.4. The van der Waals surface area contributed by atoms with Gasteiger partial charge in [-0.15, -0.1) is 6.58 Å². The first-order chi connectivity index (χ1) is 7.81. The predicted molar refractivity (Wildman–Crippen MR) is 62.9 cm³/mol. The third-order valence-electron chi connectivity index (χ3n) is 2.30. The second-order valence-corrected chi connectivity index (χ2v) is 3.65. The minimum absolute atomic E-state index is 0.149. The maximum atomic E-state index is 8.95. The molecule has 0 unspecified atom stereocenters. The zero-order valence-electron chi connectivity index (χ0n) is 9.84. The zero-order valence-corrected chi connectivity index (χ0v) is 9.84. The molecule has 5 heteroatoms. The summed E-state index contributed by atoms with van der Waals surface area (Å²) in [4.78, 5) is 6.32. The van der Waals surface area contributed by atoms with Gasteiger partial charge in [0.2, 0.25) is 0 Å². The highest BCUT2D eigenvalue weighted by atomic mass is 16.3. The van der Waals surface area contributed by atoms with Gasteiger partial charge in [-0.1, -0.05) is 13.0 Å². The molecular weight excluding hydrogens is 204 g/mol. The summed E-state index contributed by atoms with van der Waals surface area (Å²) in [5.41, 5.74) is 0. The molecular formula is C11H20N4O. The Balaban J connectivity index is 2.60. The molecule has 5 nitrogen and oxygen atoms in total. The molecule has 0 aromatic carbocycles. The fraction of sp³-hybridized carbons (Fsp3) is 0.636. The number of hydrogen-bond donors (Lipinski definition) is 1. The van der Waals surface area contributed by atoms with Crippen LogP contribution in [-0.2, 0) is 13.1 Å². The molecule has 16 heavy (non-hydrogen) atoms. The largest absolute Gasteiger partial charge is 0.395 e. The van der Waals surface area contributed by atoms with Crippen LogP contribution in [0, 0.1) is 0 Å². The maximum absolute atomic E-state index is 8.95. The molecule has 90 valence electrons. The fourth-order valence-corrected chi connectivity index (χ4v) is 1.57. The van der Waals surface area contributed by atoms with Gasteiger partial charge < -0.3 is 5.11 Å². The van der Waals surface area contributed by atoms with Gasteiger partial charge in [0.1, 0.15) is 12.2 Å². The Morgan fingerprint density at radius 3 is 3.06 bits per heavy atom. The minimum atomic E-state index is 0.149. The molecule has 1 heterocycles. The molecule has 0 spiro atoms. The minimum Gasteiger partial charge on any atom is -0.395 e. The molecule has 1 aromatic heterocycles. The molecule has 0 atom stereocenters. The maximum Gasteiger partial charge on any atom is 0.141 e. The van der Waals surface area contributed by atoms with Gasteiger partial charge in [0.25, 0.3) is 0 Å². The highest BCUT2D eigenvalue weighted by Gasteiger charge is 2.08. The standard InChI is InChI=1S/C11H20N4O/c1-3-5-14(7-8-16)9-11-12-10-13-15(11)6-4-2/h3,10,16H,1,4-9H2,2H3. The van der Waals surface area contributed by atoms with E-state index in [4.69, 9.17) is 5.11 Å². The number of aliphatic hydroxyl groups is 1. The van der Waals surface area contributed by atoms with Crippen LogP contribution in [0.25, 0.3) is 0 Å². The quantitative estimate of drug-likeness (QED) is 0.659. The highest BCUT2D eigenvalue weighted by molar-refractivity contribution is 4.86. The predicted octanol–water partition coefficient (Wildman–Crippen LogP) is 0.668. The molecule has 0 saturated heterocycles. The molecule has 1 rings (SSSR count). The van der Waals surface area contributed by atoms with Crippen LogP contribution in [0.3, 0.4) is 0 Å². The molecule has 0 radical (unpaired) electrons. The number of nitrogens with zero attached hydrogens (tertiary/aromatic N) is 4. The topological polar surface area (TPSA) is 54.2 Å². The molecule has 0 aliphatic heterocycles. The Bertz CT molecular complexity index is 311. The first-order valence-corrected chi connectivity index (χ1v) is 5.62. The van der Waals surface area contributed by atoms with Gasteiger partial charge in [0.15, 0.2) is 0 Å². The lowest BCUT2D eigenvalue weighted by Gasteiger charge is -2.18. The summed E-state index contributed by atoms with van der Waals surface area (Å²) in [6.07, 6.45) is 4.45. The smallest absolute Gasteiger partial charge is 0.141 e. The monoisotopic (exact) mass is 224 g/mol. The number of aryl methyl sites for hydroxylation is 1. The van der Waals surface area contributed by atoms with Crippen molar-refractivity contribution in [3.05, 3.63) is 24.8 Å². The van der Waals surface area contributed by atoms with Gasteiger partial charge in [-0.25, -0.2) is 9.67 Å². The lowest BCUT2D eigenvalue weighted by molar-refractivity contribution is 0.198. The van der Waals surface area contributed by atoms with Crippen LogP contribution in [0.4, 0.5) is 0 Å². The molecule has 0 fully saturated rings. The molecule has 0 aliphatic rings. The van der Waals surface area contributed by atoms with Crippen molar-refractivity contribution in [3.63, 3.8) is 0 Å². The van der Waals surface area contributed by atoms with Crippen molar-refractivity contribution in [2.24, 2.45) is 0 Å². The van der Waals surface area contributed by atoms with Crippen molar-refractivity contribution in [2.75, 3.05) is 19.7 Å². The average molecular weight is 224 g/mol. The van der Waals surface area contributed by atoms with Gasteiger partial charge in [0, 0.05) is 19.6 Å². The van der Waals surface area contributed by atoms with Crippen molar-refractivity contribution < 1.29 is 5.11 Å². The second-order valence-electron chi connectivity index (χ2n) is 3.65. The molecule has 0 saturated carbocycles. The van der Waals surface area contributed by atoms with E-state index in [1.165, 1.54) is 0 Å². The highest BCUT2D eigenvalue weighted by Crippen LogP contribution is 2.02. The average Bonchev–Trinajstić information content (AvgIpc) is 2.67. The number of aromatic nitrogens is 3.